The second-order valence-corrected chi connectivity index (χ2v) is 6.15. The van der Waals surface area contributed by atoms with E-state index in [1.165, 1.54) is 11.3 Å². The molecule has 1 rings (SSSR count). The van der Waals surface area contributed by atoms with E-state index in [0.717, 1.165) is 38.9 Å². The average Bonchev–Trinajstić information content (AvgIpc) is 3.04. The second kappa shape index (κ2) is 11.2. The van der Waals surface area contributed by atoms with Gasteiger partial charge in [0.2, 0.25) is 5.91 Å². The molecule has 5 nitrogen and oxygen atoms in total. The Labute approximate surface area is 137 Å². The van der Waals surface area contributed by atoms with Gasteiger partial charge in [0.05, 0.1) is 11.4 Å². The smallest absolute Gasteiger partial charge is 0.261 e. The van der Waals surface area contributed by atoms with Crippen molar-refractivity contribution in [2.45, 2.75) is 33.1 Å². The van der Waals surface area contributed by atoms with Crippen LogP contribution >= 0.6 is 11.3 Å². The lowest BCUT2D eigenvalue weighted by atomic mass is 10.3. The molecule has 6 heteroatoms. The highest BCUT2D eigenvalue weighted by molar-refractivity contribution is 7.12. The lowest BCUT2D eigenvalue weighted by molar-refractivity contribution is -0.120. The van der Waals surface area contributed by atoms with Crippen molar-refractivity contribution in [3.8, 4) is 0 Å². The van der Waals surface area contributed by atoms with Gasteiger partial charge in [0.1, 0.15) is 0 Å². The standard InChI is InChI=1S/C16H27N3O2S/c1-3-9-19(10-4-2)11-6-8-17-15(20)13-18-16(21)14-7-5-12-22-14/h5,7,12H,3-4,6,8-11,13H2,1-2H3,(H,17,20)(H,18,21). The van der Waals surface area contributed by atoms with Crippen molar-refractivity contribution in [1.29, 1.82) is 0 Å². The van der Waals surface area contributed by atoms with Crippen LogP contribution in [0.5, 0.6) is 0 Å². The first-order valence-corrected chi connectivity index (χ1v) is 8.86. The quantitative estimate of drug-likeness (QED) is 0.613. The Bertz CT molecular complexity index is 429. The summed E-state index contributed by atoms with van der Waals surface area (Å²) in [6.07, 6.45) is 3.24. The van der Waals surface area contributed by atoms with E-state index in [2.05, 4.69) is 29.4 Å². The fraction of sp³-hybridized carbons (Fsp3) is 0.625. The van der Waals surface area contributed by atoms with E-state index in [-0.39, 0.29) is 18.4 Å². The van der Waals surface area contributed by atoms with Gasteiger partial charge in [0.25, 0.3) is 5.91 Å². The van der Waals surface area contributed by atoms with Crippen LogP contribution in [0, 0.1) is 0 Å². The molecule has 124 valence electrons. The van der Waals surface area contributed by atoms with Crippen LogP contribution in [0.25, 0.3) is 0 Å². The minimum Gasteiger partial charge on any atom is -0.355 e. The molecule has 0 saturated carbocycles. The lowest BCUT2D eigenvalue weighted by Crippen LogP contribution is -2.38. The zero-order valence-electron chi connectivity index (χ0n) is 13.6. The largest absolute Gasteiger partial charge is 0.355 e. The van der Waals surface area contributed by atoms with Crippen molar-refractivity contribution < 1.29 is 9.59 Å². The van der Waals surface area contributed by atoms with E-state index in [0.29, 0.717) is 11.4 Å². The number of amides is 2. The molecule has 0 bridgehead atoms. The van der Waals surface area contributed by atoms with E-state index in [4.69, 9.17) is 0 Å². The predicted molar refractivity (Wildman–Crippen MR) is 91.3 cm³/mol. The number of carbonyl (C=O) groups is 2. The van der Waals surface area contributed by atoms with E-state index in [9.17, 15) is 9.59 Å². The Morgan fingerprint density at radius 1 is 1.14 bits per heavy atom. The Morgan fingerprint density at radius 2 is 1.86 bits per heavy atom. The fourth-order valence-electron chi connectivity index (χ4n) is 2.22. The van der Waals surface area contributed by atoms with Crippen molar-refractivity contribution in [2.24, 2.45) is 0 Å². The molecule has 0 aliphatic carbocycles. The summed E-state index contributed by atoms with van der Waals surface area (Å²) >= 11 is 1.37. The Hall–Kier alpha value is -1.40. The van der Waals surface area contributed by atoms with Gasteiger partial charge >= 0.3 is 0 Å². The first-order valence-electron chi connectivity index (χ1n) is 7.98. The van der Waals surface area contributed by atoms with Crippen molar-refractivity contribution >= 4 is 23.2 Å². The number of rotatable bonds is 11. The van der Waals surface area contributed by atoms with Gasteiger partial charge in [-0.3, -0.25) is 9.59 Å². The molecule has 2 N–H and O–H groups in total. The van der Waals surface area contributed by atoms with Gasteiger partial charge in [-0.25, -0.2) is 0 Å². The molecular weight excluding hydrogens is 298 g/mol. The molecule has 0 radical (unpaired) electrons. The predicted octanol–water partition coefficient (Wildman–Crippen LogP) is 2.11. The van der Waals surface area contributed by atoms with E-state index < -0.39 is 0 Å². The molecule has 1 aromatic heterocycles. The van der Waals surface area contributed by atoms with E-state index in [1.54, 1.807) is 6.07 Å². The highest BCUT2D eigenvalue weighted by Crippen LogP contribution is 2.07. The molecule has 0 saturated heterocycles. The van der Waals surface area contributed by atoms with Gasteiger partial charge in [-0.2, -0.15) is 0 Å². The van der Waals surface area contributed by atoms with Gasteiger partial charge < -0.3 is 15.5 Å². The molecule has 0 fully saturated rings. The van der Waals surface area contributed by atoms with E-state index in [1.807, 2.05) is 11.4 Å². The SMILES string of the molecule is CCCN(CCC)CCCNC(=O)CNC(=O)c1cccs1. The van der Waals surface area contributed by atoms with Gasteiger partial charge in [0.15, 0.2) is 0 Å². The Kier molecular flexibility index (Phi) is 9.50. The Balaban J connectivity index is 2.11. The van der Waals surface area contributed by atoms with Gasteiger partial charge in [-0.05, 0) is 50.3 Å². The highest BCUT2D eigenvalue weighted by Gasteiger charge is 2.08. The maximum Gasteiger partial charge on any atom is 0.261 e. The van der Waals surface area contributed by atoms with Crippen molar-refractivity contribution in [2.75, 3.05) is 32.7 Å². The van der Waals surface area contributed by atoms with Crippen LogP contribution in [-0.2, 0) is 4.79 Å². The van der Waals surface area contributed by atoms with E-state index >= 15 is 0 Å². The summed E-state index contributed by atoms with van der Waals surface area (Å²) in [6, 6.07) is 3.56. The third-order valence-electron chi connectivity index (χ3n) is 3.21. The van der Waals surface area contributed by atoms with Crippen molar-refractivity contribution in [3.63, 3.8) is 0 Å². The molecule has 0 atom stereocenters. The summed E-state index contributed by atoms with van der Waals surface area (Å²) in [7, 11) is 0. The molecule has 22 heavy (non-hydrogen) atoms. The van der Waals surface area contributed by atoms with Gasteiger partial charge in [-0.1, -0.05) is 19.9 Å². The van der Waals surface area contributed by atoms with Gasteiger partial charge in [-0.15, -0.1) is 11.3 Å². The van der Waals surface area contributed by atoms with Crippen LogP contribution in [-0.4, -0.2) is 49.4 Å². The minimum absolute atomic E-state index is 0.0321. The van der Waals surface area contributed by atoms with Crippen molar-refractivity contribution in [3.05, 3.63) is 22.4 Å². The summed E-state index contributed by atoms with van der Waals surface area (Å²) in [6.45, 7) is 8.27. The van der Waals surface area contributed by atoms with Crippen LogP contribution in [0.4, 0.5) is 0 Å². The van der Waals surface area contributed by atoms with Crippen LogP contribution in [0.15, 0.2) is 17.5 Å². The minimum atomic E-state index is -0.192. The summed E-state index contributed by atoms with van der Waals surface area (Å²) in [5, 5.41) is 7.31. The first kappa shape index (κ1) is 18.6. The fourth-order valence-corrected chi connectivity index (χ4v) is 2.86. The summed E-state index contributed by atoms with van der Waals surface area (Å²) in [5.41, 5.74) is 0. The normalized spacial score (nSPS) is 10.7. The number of hydrogen-bond acceptors (Lipinski definition) is 4. The molecule has 1 aromatic rings. The van der Waals surface area contributed by atoms with Crippen LogP contribution < -0.4 is 10.6 Å². The third-order valence-corrected chi connectivity index (χ3v) is 4.08. The van der Waals surface area contributed by atoms with Crippen LogP contribution in [0.2, 0.25) is 0 Å². The average molecular weight is 325 g/mol. The molecule has 0 unspecified atom stereocenters. The van der Waals surface area contributed by atoms with Crippen LogP contribution in [0.3, 0.4) is 0 Å². The highest BCUT2D eigenvalue weighted by atomic mass is 32.1. The molecule has 0 aliphatic rings. The van der Waals surface area contributed by atoms with Crippen LogP contribution in [0.1, 0.15) is 42.8 Å². The zero-order valence-corrected chi connectivity index (χ0v) is 14.4. The number of hydrogen-bond donors (Lipinski definition) is 2. The maximum absolute atomic E-state index is 11.7. The zero-order chi connectivity index (χ0) is 16.2. The van der Waals surface area contributed by atoms with Gasteiger partial charge in [0, 0.05) is 6.54 Å². The lowest BCUT2D eigenvalue weighted by Gasteiger charge is -2.20. The molecule has 0 aliphatic heterocycles. The molecule has 0 aromatic carbocycles. The first-order chi connectivity index (χ1) is 10.7. The number of nitrogens with zero attached hydrogens (tertiary/aromatic N) is 1. The number of nitrogens with one attached hydrogen (secondary N) is 2. The molecule has 2 amide bonds. The Morgan fingerprint density at radius 3 is 2.45 bits per heavy atom. The summed E-state index contributed by atoms with van der Waals surface area (Å²) in [5.74, 6) is -0.329. The topological polar surface area (TPSA) is 61.4 Å². The molecular formula is C16H27N3O2S. The molecule has 0 spiro atoms. The maximum atomic E-state index is 11.7. The monoisotopic (exact) mass is 325 g/mol. The number of thiophene rings is 1. The summed E-state index contributed by atoms with van der Waals surface area (Å²) in [4.78, 5) is 26.4. The molecule has 1 heterocycles. The third kappa shape index (κ3) is 7.56. The summed E-state index contributed by atoms with van der Waals surface area (Å²) < 4.78 is 0. The van der Waals surface area contributed by atoms with Crippen molar-refractivity contribution in [1.82, 2.24) is 15.5 Å². The second-order valence-electron chi connectivity index (χ2n) is 5.21. The number of carbonyl (C=O) groups excluding carboxylic acids is 2.